The molecule has 1 fully saturated rings. The summed E-state index contributed by atoms with van der Waals surface area (Å²) in [6, 6.07) is 4.21. The predicted octanol–water partition coefficient (Wildman–Crippen LogP) is 4.23. The molecule has 2 heterocycles. The second kappa shape index (κ2) is 8.13. The van der Waals surface area contributed by atoms with Crippen molar-refractivity contribution in [3.8, 4) is 0 Å². The van der Waals surface area contributed by atoms with Crippen molar-refractivity contribution in [2.24, 2.45) is 4.99 Å². The van der Waals surface area contributed by atoms with Crippen molar-refractivity contribution in [2.45, 2.75) is 45.6 Å². The SMILES string of the molecule is C=CCN(C(=O)/C(=C/C)N=C(C)c1ccnc2[nH]ccc12)C1CCCC1. The van der Waals surface area contributed by atoms with Crippen molar-refractivity contribution in [3.05, 3.63) is 54.5 Å². The van der Waals surface area contributed by atoms with Crippen LogP contribution in [0.15, 0.2) is 53.9 Å². The first-order valence-electron chi connectivity index (χ1n) is 9.21. The monoisotopic (exact) mass is 350 g/mol. The Kier molecular flexibility index (Phi) is 5.66. The number of nitrogens with zero attached hydrogens (tertiary/aromatic N) is 3. The zero-order valence-corrected chi connectivity index (χ0v) is 15.5. The van der Waals surface area contributed by atoms with Crippen molar-refractivity contribution in [1.82, 2.24) is 14.9 Å². The lowest BCUT2D eigenvalue weighted by molar-refractivity contribution is -0.128. The molecule has 0 radical (unpaired) electrons. The van der Waals surface area contributed by atoms with Crippen LogP contribution in [0.1, 0.15) is 45.1 Å². The minimum absolute atomic E-state index is 0.0157. The molecule has 3 rings (SSSR count). The van der Waals surface area contributed by atoms with Crippen LogP contribution in [0.4, 0.5) is 0 Å². The Morgan fingerprint density at radius 1 is 1.42 bits per heavy atom. The molecule has 5 nitrogen and oxygen atoms in total. The van der Waals surface area contributed by atoms with E-state index < -0.39 is 0 Å². The quantitative estimate of drug-likeness (QED) is 0.481. The number of pyridine rings is 1. The summed E-state index contributed by atoms with van der Waals surface area (Å²) >= 11 is 0. The van der Waals surface area contributed by atoms with Gasteiger partial charge in [-0.2, -0.15) is 0 Å². The van der Waals surface area contributed by atoms with Crippen molar-refractivity contribution >= 4 is 22.7 Å². The van der Waals surface area contributed by atoms with Gasteiger partial charge in [-0.25, -0.2) is 9.98 Å². The van der Waals surface area contributed by atoms with Crippen molar-refractivity contribution in [2.75, 3.05) is 6.54 Å². The van der Waals surface area contributed by atoms with Gasteiger partial charge in [-0.1, -0.05) is 25.0 Å². The van der Waals surface area contributed by atoms with Crippen LogP contribution in [0.3, 0.4) is 0 Å². The summed E-state index contributed by atoms with van der Waals surface area (Å²) in [5.74, 6) is -0.0157. The molecule has 0 bridgehead atoms. The van der Waals surface area contributed by atoms with E-state index in [4.69, 9.17) is 0 Å². The van der Waals surface area contributed by atoms with Crippen LogP contribution >= 0.6 is 0 Å². The molecular weight excluding hydrogens is 324 g/mol. The van der Waals surface area contributed by atoms with Crippen LogP contribution in [0.25, 0.3) is 11.0 Å². The molecule has 0 atom stereocenters. The van der Waals surface area contributed by atoms with E-state index in [9.17, 15) is 4.79 Å². The zero-order chi connectivity index (χ0) is 18.5. The van der Waals surface area contributed by atoms with E-state index in [-0.39, 0.29) is 5.91 Å². The summed E-state index contributed by atoms with van der Waals surface area (Å²) in [5.41, 5.74) is 3.10. The second-order valence-corrected chi connectivity index (χ2v) is 6.65. The van der Waals surface area contributed by atoms with Gasteiger partial charge in [-0.15, -0.1) is 6.58 Å². The Morgan fingerprint density at radius 2 is 2.19 bits per heavy atom. The fraction of sp³-hybridized carbons (Fsp3) is 0.381. The number of rotatable bonds is 6. The number of nitrogens with one attached hydrogen (secondary N) is 1. The molecule has 0 spiro atoms. The summed E-state index contributed by atoms with van der Waals surface area (Å²) in [6.07, 6.45) is 11.7. The van der Waals surface area contributed by atoms with E-state index in [1.165, 1.54) is 12.8 Å². The lowest BCUT2D eigenvalue weighted by Crippen LogP contribution is -2.39. The molecule has 1 aliphatic carbocycles. The van der Waals surface area contributed by atoms with E-state index in [0.29, 0.717) is 18.3 Å². The van der Waals surface area contributed by atoms with Gasteiger partial charge in [-0.3, -0.25) is 4.79 Å². The van der Waals surface area contributed by atoms with Crippen LogP contribution in [0, 0.1) is 0 Å². The van der Waals surface area contributed by atoms with E-state index >= 15 is 0 Å². The van der Waals surface area contributed by atoms with Gasteiger partial charge in [0.1, 0.15) is 11.3 Å². The zero-order valence-electron chi connectivity index (χ0n) is 15.5. The maximum absolute atomic E-state index is 13.1. The Bertz CT molecular complexity index is 856. The number of hydrogen-bond donors (Lipinski definition) is 1. The number of H-pyrrole nitrogens is 1. The number of amides is 1. The molecule has 1 N–H and O–H groups in total. The van der Waals surface area contributed by atoms with Crippen LogP contribution < -0.4 is 0 Å². The van der Waals surface area contributed by atoms with Gasteiger partial charge in [0.15, 0.2) is 0 Å². The number of carbonyl (C=O) groups is 1. The fourth-order valence-electron chi connectivity index (χ4n) is 3.65. The van der Waals surface area contributed by atoms with Gasteiger partial charge in [0.25, 0.3) is 5.91 Å². The average Bonchev–Trinajstić information content (AvgIpc) is 3.34. The average molecular weight is 350 g/mol. The first-order chi connectivity index (χ1) is 12.7. The Balaban J connectivity index is 1.89. The van der Waals surface area contributed by atoms with Crippen LogP contribution in [0.2, 0.25) is 0 Å². The third-order valence-electron chi connectivity index (χ3n) is 4.98. The number of aromatic amines is 1. The molecule has 1 aliphatic rings. The summed E-state index contributed by atoms with van der Waals surface area (Å²) in [5, 5.41) is 1.01. The highest BCUT2D eigenvalue weighted by atomic mass is 16.2. The number of hydrogen-bond acceptors (Lipinski definition) is 3. The molecule has 2 aromatic rings. The highest BCUT2D eigenvalue weighted by Gasteiger charge is 2.27. The third kappa shape index (κ3) is 3.62. The van der Waals surface area contributed by atoms with E-state index in [2.05, 4.69) is 21.5 Å². The van der Waals surface area contributed by atoms with Gasteiger partial charge in [-0.05, 0) is 38.8 Å². The van der Waals surface area contributed by atoms with Crippen LogP contribution in [-0.4, -0.2) is 39.1 Å². The predicted molar refractivity (Wildman–Crippen MR) is 106 cm³/mol. The highest BCUT2D eigenvalue weighted by molar-refractivity contribution is 6.10. The minimum atomic E-state index is -0.0157. The number of fused-ring (bicyclic) bond motifs is 1. The van der Waals surface area contributed by atoms with E-state index in [0.717, 1.165) is 35.2 Å². The lowest BCUT2D eigenvalue weighted by atomic mass is 10.1. The number of aromatic nitrogens is 2. The summed E-state index contributed by atoms with van der Waals surface area (Å²) in [4.78, 5) is 27.1. The minimum Gasteiger partial charge on any atom is -0.346 e. The fourth-order valence-corrected chi connectivity index (χ4v) is 3.65. The topological polar surface area (TPSA) is 61.4 Å². The number of aliphatic imine (C=N–C) groups is 1. The Labute approximate surface area is 154 Å². The molecule has 26 heavy (non-hydrogen) atoms. The van der Waals surface area contributed by atoms with Gasteiger partial charge in [0.2, 0.25) is 0 Å². The molecule has 1 amide bonds. The normalized spacial score (nSPS) is 16.2. The van der Waals surface area contributed by atoms with Crippen molar-refractivity contribution in [1.29, 1.82) is 0 Å². The summed E-state index contributed by atoms with van der Waals surface area (Å²) in [6.45, 7) is 8.18. The largest absolute Gasteiger partial charge is 0.346 e. The van der Waals surface area contributed by atoms with Gasteiger partial charge >= 0.3 is 0 Å². The first-order valence-corrected chi connectivity index (χ1v) is 9.21. The summed E-state index contributed by atoms with van der Waals surface area (Å²) < 4.78 is 0. The standard InChI is InChI=1S/C21H26N4O/c1-4-14-25(16-8-6-7-9-16)21(26)19(5-2)24-15(3)17-10-12-22-20-18(17)11-13-23-20/h4-5,10-13,16H,1,6-9,14H2,2-3H3,(H,22,23)/b19-5-,24-15?. The number of allylic oxidation sites excluding steroid dienone is 1. The van der Waals surface area contributed by atoms with Crippen molar-refractivity contribution < 1.29 is 4.79 Å². The third-order valence-corrected chi connectivity index (χ3v) is 4.98. The molecule has 0 aromatic carbocycles. The van der Waals surface area contributed by atoms with Gasteiger partial charge in [0.05, 0.1) is 0 Å². The lowest BCUT2D eigenvalue weighted by Gasteiger charge is -2.28. The number of carbonyl (C=O) groups excluding carboxylic acids is 1. The smallest absolute Gasteiger partial charge is 0.272 e. The van der Waals surface area contributed by atoms with E-state index in [1.54, 1.807) is 18.3 Å². The van der Waals surface area contributed by atoms with Gasteiger partial charge < -0.3 is 9.88 Å². The maximum Gasteiger partial charge on any atom is 0.272 e. The Morgan fingerprint density at radius 3 is 2.88 bits per heavy atom. The first kappa shape index (κ1) is 18.1. The summed E-state index contributed by atoms with van der Waals surface area (Å²) in [7, 11) is 0. The molecular formula is C21H26N4O. The highest BCUT2D eigenvalue weighted by Crippen LogP contribution is 2.25. The van der Waals surface area contributed by atoms with E-state index in [1.807, 2.05) is 37.1 Å². The molecule has 2 aromatic heterocycles. The molecule has 0 unspecified atom stereocenters. The molecule has 1 saturated carbocycles. The van der Waals surface area contributed by atoms with Crippen molar-refractivity contribution in [3.63, 3.8) is 0 Å². The van der Waals surface area contributed by atoms with Crippen LogP contribution in [0.5, 0.6) is 0 Å². The second-order valence-electron chi connectivity index (χ2n) is 6.65. The molecule has 5 heteroatoms. The molecule has 0 saturated heterocycles. The maximum atomic E-state index is 13.1. The van der Waals surface area contributed by atoms with Gasteiger partial charge in [0, 0.05) is 41.6 Å². The molecule has 136 valence electrons. The molecule has 0 aliphatic heterocycles. The Hall–Kier alpha value is -2.69. The van der Waals surface area contributed by atoms with Crippen LogP contribution in [-0.2, 0) is 4.79 Å².